The van der Waals surface area contributed by atoms with E-state index in [0.717, 1.165) is 19.3 Å². The van der Waals surface area contributed by atoms with Crippen LogP contribution in [0, 0.1) is 5.92 Å². The van der Waals surface area contributed by atoms with E-state index in [-0.39, 0.29) is 18.0 Å². The van der Waals surface area contributed by atoms with E-state index < -0.39 is 0 Å². The Morgan fingerprint density at radius 2 is 2.15 bits per heavy atom. The van der Waals surface area contributed by atoms with Gasteiger partial charge in [-0.25, -0.2) is 0 Å². The van der Waals surface area contributed by atoms with Crippen LogP contribution in [0.15, 0.2) is 0 Å². The lowest BCUT2D eigenvalue weighted by Gasteiger charge is -2.07. The summed E-state index contributed by atoms with van der Waals surface area (Å²) in [6, 6.07) is 0. The molecule has 0 amide bonds. The molecule has 1 saturated heterocycles. The molecular weight excluding hydrogens is 164 g/mol. The number of rotatable bonds is 5. The van der Waals surface area contributed by atoms with Gasteiger partial charge >= 0.3 is 5.97 Å². The van der Waals surface area contributed by atoms with Crippen LogP contribution in [0.4, 0.5) is 0 Å². The summed E-state index contributed by atoms with van der Waals surface area (Å²) in [5.74, 6) is 0.218. The number of hydrogen-bond acceptors (Lipinski definition) is 2. The molecule has 76 valence electrons. The maximum atomic E-state index is 11.2. The van der Waals surface area contributed by atoms with Crippen LogP contribution in [-0.2, 0) is 9.53 Å². The van der Waals surface area contributed by atoms with E-state index in [1.807, 2.05) is 0 Å². The average molecular weight is 184 g/mol. The summed E-state index contributed by atoms with van der Waals surface area (Å²) in [6.45, 7) is 4.25. The van der Waals surface area contributed by atoms with Crippen molar-refractivity contribution in [2.24, 2.45) is 5.92 Å². The zero-order valence-corrected chi connectivity index (χ0v) is 8.71. The van der Waals surface area contributed by atoms with Crippen LogP contribution in [0.1, 0.15) is 52.4 Å². The van der Waals surface area contributed by atoms with Crippen molar-refractivity contribution in [1.29, 1.82) is 0 Å². The maximum absolute atomic E-state index is 11.2. The molecule has 0 aromatic heterocycles. The minimum Gasteiger partial charge on any atom is -0.462 e. The average Bonchev–Trinajstić information content (AvgIpc) is 2.47. The number of ether oxygens (including phenoxy) is 1. The molecule has 2 nitrogen and oxygen atoms in total. The smallest absolute Gasteiger partial charge is 0.309 e. The Bertz CT molecular complexity index is 165. The number of unbranched alkanes of at least 4 members (excludes halogenated alkanes) is 2. The summed E-state index contributed by atoms with van der Waals surface area (Å²) in [4.78, 5) is 11.2. The molecule has 2 heteroatoms. The lowest BCUT2D eigenvalue weighted by atomic mass is 9.99. The first-order chi connectivity index (χ1) is 6.27. The Kier molecular flexibility index (Phi) is 4.26. The molecule has 1 aliphatic rings. The Labute approximate surface area is 80.7 Å². The van der Waals surface area contributed by atoms with Crippen molar-refractivity contribution in [1.82, 2.24) is 0 Å². The van der Waals surface area contributed by atoms with Crippen LogP contribution < -0.4 is 0 Å². The van der Waals surface area contributed by atoms with Crippen LogP contribution in [0.3, 0.4) is 0 Å². The van der Waals surface area contributed by atoms with Gasteiger partial charge in [0.25, 0.3) is 0 Å². The zero-order valence-electron chi connectivity index (χ0n) is 8.71. The molecule has 0 aromatic rings. The van der Waals surface area contributed by atoms with Gasteiger partial charge in [-0.3, -0.25) is 4.79 Å². The molecule has 0 aromatic carbocycles. The second-order valence-electron chi connectivity index (χ2n) is 3.90. The SMILES string of the molecule is CCCCCC1CC(CC)C(=O)O1. The Morgan fingerprint density at radius 3 is 2.69 bits per heavy atom. The van der Waals surface area contributed by atoms with Gasteiger partial charge < -0.3 is 4.74 Å². The van der Waals surface area contributed by atoms with Crippen molar-refractivity contribution in [2.45, 2.75) is 58.5 Å². The fourth-order valence-corrected chi connectivity index (χ4v) is 1.85. The van der Waals surface area contributed by atoms with Crippen molar-refractivity contribution in [3.8, 4) is 0 Å². The van der Waals surface area contributed by atoms with E-state index in [1.54, 1.807) is 0 Å². The molecule has 1 heterocycles. The molecule has 0 aliphatic carbocycles. The lowest BCUT2D eigenvalue weighted by molar-refractivity contribution is -0.144. The Hall–Kier alpha value is -0.530. The molecule has 2 unspecified atom stereocenters. The van der Waals surface area contributed by atoms with Gasteiger partial charge in [0.1, 0.15) is 6.10 Å². The number of hydrogen-bond donors (Lipinski definition) is 0. The quantitative estimate of drug-likeness (QED) is 0.485. The second kappa shape index (κ2) is 5.25. The minimum atomic E-state index is 0.0315. The molecule has 1 fully saturated rings. The van der Waals surface area contributed by atoms with Gasteiger partial charge in [0.2, 0.25) is 0 Å². The molecule has 1 rings (SSSR count). The van der Waals surface area contributed by atoms with E-state index in [1.165, 1.54) is 19.3 Å². The highest BCUT2D eigenvalue weighted by atomic mass is 16.5. The molecule has 0 spiro atoms. The van der Waals surface area contributed by atoms with E-state index >= 15 is 0 Å². The molecule has 13 heavy (non-hydrogen) atoms. The number of carbonyl (C=O) groups is 1. The molecule has 0 N–H and O–H groups in total. The standard InChI is InChI=1S/C11H20O2/c1-3-5-6-7-10-8-9(4-2)11(12)13-10/h9-10H,3-8H2,1-2H3. The first kappa shape index (κ1) is 10.6. The van der Waals surface area contributed by atoms with Gasteiger partial charge in [0.05, 0.1) is 5.92 Å². The first-order valence-corrected chi connectivity index (χ1v) is 5.48. The minimum absolute atomic E-state index is 0.0315. The Balaban J connectivity index is 2.20. The lowest BCUT2D eigenvalue weighted by Crippen LogP contribution is -2.06. The number of cyclic esters (lactones) is 1. The molecule has 2 atom stereocenters. The molecular formula is C11H20O2. The highest BCUT2D eigenvalue weighted by molar-refractivity contribution is 5.74. The van der Waals surface area contributed by atoms with Crippen molar-refractivity contribution in [3.05, 3.63) is 0 Å². The molecule has 0 bridgehead atoms. The van der Waals surface area contributed by atoms with Crippen LogP contribution in [0.5, 0.6) is 0 Å². The van der Waals surface area contributed by atoms with Crippen LogP contribution in [-0.4, -0.2) is 12.1 Å². The summed E-state index contributed by atoms with van der Waals surface area (Å²) in [7, 11) is 0. The summed E-state index contributed by atoms with van der Waals surface area (Å²) >= 11 is 0. The third kappa shape index (κ3) is 3.02. The third-order valence-electron chi connectivity index (χ3n) is 2.79. The summed E-state index contributed by atoms with van der Waals surface area (Å²) in [5.41, 5.74) is 0. The van der Waals surface area contributed by atoms with Gasteiger partial charge in [-0.05, 0) is 25.7 Å². The summed E-state index contributed by atoms with van der Waals surface area (Å²) < 4.78 is 5.27. The van der Waals surface area contributed by atoms with Crippen molar-refractivity contribution in [3.63, 3.8) is 0 Å². The second-order valence-corrected chi connectivity index (χ2v) is 3.90. The van der Waals surface area contributed by atoms with Gasteiger partial charge in [-0.2, -0.15) is 0 Å². The number of esters is 1. The molecule has 0 radical (unpaired) electrons. The molecule has 0 saturated carbocycles. The van der Waals surface area contributed by atoms with Gasteiger partial charge in [0.15, 0.2) is 0 Å². The fourth-order valence-electron chi connectivity index (χ4n) is 1.85. The third-order valence-corrected chi connectivity index (χ3v) is 2.79. The van der Waals surface area contributed by atoms with E-state index in [9.17, 15) is 4.79 Å². The fraction of sp³-hybridized carbons (Fsp3) is 0.909. The van der Waals surface area contributed by atoms with Crippen molar-refractivity contribution < 1.29 is 9.53 Å². The normalized spacial score (nSPS) is 27.7. The predicted octanol–water partition coefficient (Wildman–Crippen LogP) is 2.91. The van der Waals surface area contributed by atoms with E-state index in [4.69, 9.17) is 4.74 Å². The highest BCUT2D eigenvalue weighted by Gasteiger charge is 2.32. The monoisotopic (exact) mass is 184 g/mol. The van der Waals surface area contributed by atoms with Crippen LogP contribution in [0.25, 0.3) is 0 Å². The van der Waals surface area contributed by atoms with Gasteiger partial charge in [-0.15, -0.1) is 0 Å². The van der Waals surface area contributed by atoms with Crippen LogP contribution in [0.2, 0.25) is 0 Å². The highest BCUT2D eigenvalue weighted by Crippen LogP contribution is 2.26. The maximum Gasteiger partial charge on any atom is 0.309 e. The summed E-state index contributed by atoms with van der Waals surface area (Å²) in [6.07, 6.45) is 6.87. The van der Waals surface area contributed by atoms with Gasteiger partial charge in [0, 0.05) is 0 Å². The molecule has 1 aliphatic heterocycles. The van der Waals surface area contributed by atoms with Gasteiger partial charge in [-0.1, -0.05) is 26.7 Å². The number of carbonyl (C=O) groups excluding carboxylic acids is 1. The summed E-state index contributed by atoms with van der Waals surface area (Å²) in [5, 5.41) is 0. The van der Waals surface area contributed by atoms with E-state index in [0.29, 0.717) is 0 Å². The predicted molar refractivity (Wildman–Crippen MR) is 52.4 cm³/mol. The zero-order chi connectivity index (χ0) is 9.68. The van der Waals surface area contributed by atoms with E-state index in [2.05, 4.69) is 13.8 Å². The topological polar surface area (TPSA) is 26.3 Å². The Morgan fingerprint density at radius 1 is 1.38 bits per heavy atom. The van der Waals surface area contributed by atoms with Crippen molar-refractivity contribution >= 4 is 5.97 Å². The largest absolute Gasteiger partial charge is 0.462 e. The first-order valence-electron chi connectivity index (χ1n) is 5.48. The van der Waals surface area contributed by atoms with Crippen molar-refractivity contribution in [2.75, 3.05) is 0 Å². The van der Waals surface area contributed by atoms with Crippen LogP contribution >= 0.6 is 0 Å².